The third-order valence-corrected chi connectivity index (χ3v) is 6.59. The molecule has 11 nitrogen and oxygen atoms in total. The van der Waals surface area contributed by atoms with Crippen molar-refractivity contribution in [2.24, 2.45) is 5.92 Å². The highest BCUT2D eigenvalue weighted by molar-refractivity contribution is 5.90. The summed E-state index contributed by atoms with van der Waals surface area (Å²) in [6.07, 6.45) is 1.91. The monoisotopic (exact) mass is 501 g/mol. The first kappa shape index (κ1) is 25.7. The number of nitrogens with zero attached hydrogens (tertiary/aromatic N) is 3. The van der Waals surface area contributed by atoms with Crippen molar-refractivity contribution < 1.29 is 28.8 Å². The largest absolute Gasteiger partial charge is 0.444 e. The SMILES string of the molecule is CC(C)(C)OC(=O)N1CCC[C@@H](C(=O)NNC(=O)[C@H]2CC[C@@H]3CN2C(=O)N3OCc2ccccc2)C1. The Bertz CT molecular complexity index is 981. The number of carbonyl (C=O) groups is 4. The number of rotatable bonds is 5. The van der Waals surface area contributed by atoms with Gasteiger partial charge in [0.25, 0.3) is 5.91 Å². The van der Waals surface area contributed by atoms with E-state index in [2.05, 4.69) is 10.9 Å². The number of nitrogens with one attached hydrogen (secondary N) is 2. The van der Waals surface area contributed by atoms with Crippen LogP contribution in [0, 0.1) is 5.92 Å². The highest BCUT2D eigenvalue weighted by atomic mass is 16.7. The zero-order valence-corrected chi connectivity index (χ0v) is 21.1. The fraction of sp³-hybridized carbons (Fsp3) is 0.600. The molecule has 3 aliphatic rings. The van der Waals surface area contributed by atoms with Crippen LogP contribution in [0.1, 0.15) is 52.0 Å². The van der Waals surface area contributed by atoms with Gasteiger partial charge in [-0.2, -0.15) is 5.06 Å². The molecular formula is C25H35N5O6. The predicted molar refractivity (Wildman–Crippen MR) is 129 cm³/mol. The van der Waals surface area contributed by atoms with Gasteiger partial charge < -0.3 is 14.5 Å². The summed E-state index contributed by atoms with van der Waals surface area (Å²) in [6.45, 7) is 6.79. The van der Waals surface area contributed by atoms with Crippen molar-refractivity contribution in [1.82, 2.24) is 25.7 Å². The normalized spacial score (nSPS) is 23.9. The number of hydroxylamine groups is 2. The fourth-order valence-corrected chi connectivity index (χ4v) is 4.78. The second-order valence-corrected chi connectivity index (χ2v) is 10.5. The first-order chi connectivity index (χ1) is 17.1. The van der Waals surface area contributed by atoms with Gasteiger partial charge in [0.1, 0.15) is 18.2 Å². The first-order valence-electron chi connectivity index (χ1n) is 12.5. The molecule has 0 radical (unpaired) electrons. The zero-order valence-electron chi connectivity index (χ0n) is 21.1. The maximum atomic E-state index is 12.9. The van der Waals surface area contributed by atoms with Gasteiger partial charge in [0.2, 0.25) is 5.91 Å². The molecule has 2 N–H and O–H groups in total. The second-order valence-electron chi connectivity index (χ2n) is 10.5. The van der Waals surface area contributed by atoms with Gasteiger partial charge in [-0.1, -0.05) is 30.3 Å². The van der Waals surface area contributed by atoms with Crippen LogP contribution in [-0.4, -0.2) is 76.1 Å². The minimum atomic E-state index is -0.691. The Morgan fingerprint density at radius 3 is 2.44 bits per heavy atom. The van der Waals surface area contributed by atoms with E-state index in [1.807, 2.05) is 30.3 Å². The molecule has 0 unspecified atom stereocenters. The van der Waals surface area contributed by atoms with Crippen molar-refractivity contribution in [1.29, 1.82) is 0 Å². The van der Waals surface area contributed by atoms with Crippen LogP contribution >= 0.6 is 0 Å². The number of carbonyl (C=O) groups excluding carboxylic acids is 4. The number of piperidine rings is 2. The van der Waals surface area contributed by atoms with Crippen LogP contribution in [-0.2, 0) is 25.8 Å². The molecule has 3 aliphatic heterocycles. The Morgan fingerprint density at radius 2 is 1.72 bits per heavy atom. The Labute approximate surface area is 211 Å². The van der Waals surface area contributed by atoms with E-state index in [9.17, 15) is 19.2 Å². The van der Waals surface area contributed by atoms with Crippen molar-refractivity contribution >= 4 is 23.9 Å². The van der Waals surface area contributed by atoms with E-state index in [4.69, 9.17) is 9.57 Å². The van der Waals surface area contributed by atoms with Crippen molar-refractivity contribution in [3.05, 3.63) is 35.9 Å². The lowest BCUT2D eigenvalue weighted by molar-refractivity contribution is -0.140. The third-order valence-electron chi connectivity index (χ3n) is 6.59. The first-order valence-corrected chi connectivity index (χ1v) is 12.5. The van der Waals surface area contributed by atoms with Crippen LogP contribution < -0.4 is 10.9 Å². The molecule has 0 saturated carbocycles. The molecule has 1 aromatic carbocycles. The predicted octanol–water partition coefficient (Wildman–Crippen LogP) is 2.18. The van der Waals surface area contributed by atoms with Crippen LogP contribution in [0.3, 0.4) is 0 Å². The van der Waals surface area contributed by atoms with Crippen LogP contribution in [0.25, 0.3) is 0 Å². The maximum Gasteiger partial charge on any atom is 0.410 e. The molecule has 196 valence electrons. The van der Waals surface area contributed by atoms with Crippen LogP contribution in [0.2, 0.25) is 0 Å². The number of likely N-dealkylation sites (tertiary alicyclic amines) is 1. The average Bonchev–Trinajstić information content (AvgIpc) is 3.09. The lowest BCUT2D eigenvalue weighted by Gasteiger charge is -2.33. The van der Waals surface area contributed by atoms with E-state index in [-0.39, 0.29) is 31.1 Å². The number of urea groups is 1. The summed E-state index contributed by atoms with van der Waals surface area (Å²) in [6, 6.07) is 8.42. The highest BCUT2D eigenvalue weighted by Gasteiger charge is 2.48. The standard InChI is InChI=1S/C25H35N5O6/c1-25(2,3)36-24(34)28-13-7-10-18(14-28)21(31)26-27-22(32)20-12-11-19-15-29(20)23(33)30(19)35-16-17-8-5-4-6-9-17/h4-6,8-9,18-20H,7,10-16H2,1-3H3,(H,26,31)(H,27,32)/t18-,19-,20-/m1/s1. The van der Waals surface area contributed by atoms with E-state index >= 15 is 0 Å². The second kappa shape index (κ2) is 10.7. The van der Waals surface area contributed by atoms with E-state index in [1.165, 1.54) is 14.9 Å². The summed E-state index contributed by atoms with van der Waals surface area (Å²) in [5.41, 5.74) is 5.30. The molecule has 3 saturated heterocycles. The van der Waals surface area contributed by atoms with Gasteiger partial charge in [0.05, 0.1) is 12.0 Å². The summed E-state index contributed by atoms with van der Waals surface area (Å²) < 4.78 is 5.41. The minimum Gasteiger partial charge on any atom is -0.444 e. The number of hydrazine groups is 1. The number of fused-ring (bicyclic) bond motifs is 2. The summed E-state index contributed by atoms with van der Waals surface area (Å²) in [5.74, 6) is -1.27. The molecular weight excluding hydrogens is 466 g/mol. The quantitative estimate of drug-likeness (QED) is 0.597. The molecule has 36 heavy (non-hydrogen) atoms. The van der Waals surface area contributed by atoms with Gasteiger partial charge in [0.15, 0.2) is 0 Å². The smallest absolute Gasteiger partial charge is 0.410 e. The van der Waals surface area contributed by atoms with Crippen molar-refractivity contribution in [2.75, 3.05) is 19.6 Å². The molecule has 1 aromatic rings. The highest BCUT2D eigenvalue weighted by Crippen LogP contribution is 2.30. The number of ether oxygens (including phenoxy) is 1. The third kappa shape index (κ3) is 6.07. The lowest BCUT2D eigenvalue weighted by atomic mass is 9.97. The molecule has 11 heteroatoms. The Kier molecular flexibility index (Phi) is 7.67. The van der Waals surface area contributed by atoms with Gasteiger partial charge in [-0.3, -0.25) is 25.3 Å². The van der Waals surface area contributed by atoms with Gasteiger partial charge in [-0.25, -0.2) is 9.59 Å². The molecule has 0 aliphatic carbocycles. The van der Waals surface area contributed by atoms with Crippen LogP contribution in [0.15, 0.2) is 30.3 Å². The summed E-state index contributed by atoms with van der Waals surface area (Å²) in [4.78, 5) is 59.7. The van der Waals surface area contributed by atoms with Crippen molar-refractivity contribution in [3.63, 3.8) is 0 Å². The van der Waals surface area contributed by atoms with Crippen molar-refractivity contribution in [2.45, 2.75) is 70.7 Å². The van der Waals surface area contributed by atoms with E-state index in [0.717, 1.165) is 5.56 Å². The average molecular weight is 502 g/mol. The molecule has 2 bridgehead atoms. The molecule has 5 amide bonds. The van der Waals surface area contributed by atoms with E-state index in [1.54, 1.807) is 20.8 Å². The number of benzene rings is 1. The number of hydrogen-bond donors (Lipinski definition) is 2. The Hall–Kier alpha value is -3.34. The topological polar surface area (TPSA) is 121 Å². The molecule has 4 rings (SSSR count). The number of amides is 5. The Morgan fingerprint density at radius 1 is 1.00 bits per heavy atom. The minimum absolute atomic E-state index is 0.110. The maximum absolute atomic E-state index is 12.9. The van der Waals surface area contributed by atoms with Crippen LogP contribution in [0.5, 0.6) is 0 Å². The van der Waals surface area contributed by atoms with Gasteiger partial charge >= 0.3 is 12.1 Å². The van der Waals surface area contributed by atoms with Crippen molar-refractivity contribution in [3.8, 4) is 0 Å². The van der Waals surface area contributed by atoms with E-state index < -0.39 is 29.6 Å². The molecule has 3 heterocycles. The molecule has 3 fully saturated rings. The summed E-state index contributed by atoms with van der Waals surface area (Å²) in [5, 5.41) is 1.37. The molecule has 3 atom stereocenters. The zero-order chi connectivity index (χ0) is 25.9. The van der Waals surface area contributed by atoms with Gasteiger partial charge in [-0.15, -0.1) is 0 Å². The fourth-order valence-electron chi connectivity index (χ4n) is 4.78. The summed E-state index contributed by atoms with van der Waals surface area (Å²) >= 11 is 0. The Balaban J connectivity index is 1.26. The lowest BCUT2D eigenvalue weighted by Crippen LogP contribution is -2.56. The van der Waals surface area contributed by atoms with E-state index in [0.29, 0.717) is 38.8 Å². The summed E-state index contributed by atoms with van der Waals surface area (Å²) in [7, 11) is 0. The molecule has 0 aromatic heterocycles. The van der Waals surface area contributed by atoms with Gasteiger partial charge in [-0.05, 0) is 52.0 Å². The van der Waals surface area contributed by atoms with Gasteiger partial charge in [0, 0.05) is 19.6 Å². The number of hydrogen-bond acceptors (Lipinski definition) is 6. The van der Waals surface area contributed by atoms with Crippen LogP contribution in [0.4, 0.5) is 9.59 Å². The molecule has 0 spiro atoms.